The van der Waals surface area contributed by atoms with Gasteiger partial charge in [-0.2, -0.15) is 0 Å². The summed E-state index contributed by atoms with van der Waals surface area (Å²) in [6.45, 7) is -1.67. The fourth-order valence-corrected chi connectivity index (χ4v) is 4.55. The SMILES string of the molecule is O=C(O)c1cc(O)c(=O)c2c(O)c(O)c(O[C@@H]3O[C@H](CO)[C@@H](O[C@@H]4O[C@H](CO)[C@H](O)[C@H](O)[C@H]4O)[C@H](O)[C@H]3O)cc2c1. The fraction of sp³-hybridized carbons (Fsp3) is 0.500. The number of aromatic carboxylic acids is 1. The van der Waals surface area contributed by atoms with Gasteiger partial charge in [-0.25, -0.2) is 4.79 Å². The van der Waals surface area contributed by atoms with E-state index in [1.165, 1.54) is 0 Å². The van der Waals surface area contributed by atoms with E-state index in [1.54, 1.807) is 0 Å². The van der Waals surface area contributed by atoms with Crippen LogP contribution < -0.4 is 10.2 Å². The third-order valence-electron chi connectivity index (χ3n) is 6.78. The van der Waals surface area contributed by atoms with Crippen LogP contribution in [0.15, 0.2) is 23.0 Å². The van der Waals surface area contributed by atoms with Crippen LogP contribution in [0.2, 0.25) is 0 Å². The Morgan fingerprint density at radius 2 is 1.39 bits per heavy atom. The monoisotopic (exact) mass is 588 g/mol. The van der Waals surface area contributed by atoms with Gasteiger partial charge >= 0.3 is 5.97 Å². The molecular weight excluding hydrogens is 560 g/mol. The highest BCUT2D eigenvalue weighted by atomic mass is 16.7. The molecule has 0 amide bonds. The van der Waals surface area contributed by atoms with Crippen molar-refractivity contribution in [3.63, 3.8) is 0 Å². The topological polar surface area (TPSA) is 294 Å². The van der Waals surface area contributed by atoms with Crippen molar-refractivity contribution in [3.8, 4) is 23.0 Å². The average molecular weight is 588 g/mol. The minimum absolute atomic E-state index is 0.314. The van der Waals surface area contributed by atoms with Crippen LogP contribution in [0, 0.1) is 0 Å². The summed E-state index contributed by atoms with van der Waals surface area (Å²) in [6.07, 6.45) is -17.6. The number of phenols is 2. The molecule has 0 radical (unpaired) electrons. The third kappa shape index (κ3) is 5.60. The lowest BCUT2D eigenvalue weighted by Gasteiger charge is -2.45. The maximum atomic E-state index is 12.5. The molecule has 2 aliphatic rings. The van der Waals surface area contributed by atoms with Crippen LogP contribution >= 0.6 is 0 Å². The zero-order valence-electron chi connectivity index (χ0n) is 20.8. The Hall–Kier alpha value is -3.36. The number of ether oxygens (including phenoxy) is 4. The predicted octanol–water partition coefficient (Wildman–Crippen LogP) is -3.98. The van der Waals surface area contributed by atoms with Gasteiger partial charge in [-0.05, 0) is 23.6 Å². The lowest BCUT2D eigenvalue weighted by molar-refractivity contribution is -0.352. The molecule has 0 bridgehead atoms. The molecule has 0 aromatic heterocycles. The van der Waals surface area contributed by atoms with Gasteiger partial charge in [-0.3, -0.25) is 4.79 Å². The van der Waals surface area contributed by atoms with E-state index in [-0.39, 0.29) is 5.39 Å². The van der Waals surface area contributed by atoms with E-state index in [2.05, 4.69) is 0 Å². The summed E-state index contributed by atoms with van der Waals surface area (Å²) in [5.41, 5.74) is -1.78. The quantitative estimate of drug-likeness (QED) is 0.137. The average Bonchev–Trinajstić information content (AvgIpc) is 3.06. The Morgan fingerprint density at radius 3 is 2.00 bits per heavy atom. The molecule has 10 atom stereocenters. The van der Waals surface area contributed by atoms with Crippen LogP contribution in [0.4, 0.5) is 0 Å². The second-order valence-corrected chi connectivity index (χ2v) is 9.42. The molecule has 2 aromatic rings. The Kier molecular flexibility index (Phi) is 8.85. The molecule has 226 valence electrons. The van der Waals surface area contributed by atoms with Crippen molar-refractivity contribution in [1.29, 1.82) is 0 Å². The summed E-state index contributed by atoms with van der Waals surface area (Å²) in [5.74, 6) is -5.44. The van der Waals surface area contributed by atoms with E-state index in [0.29, 0.717) is 6.07 Å². The molecule has 2 fully saturated rings. The van der Waals surface area contributed by atoms with E-state index in [4.69, 9.17) is 18.9 Å². The minimum Gasteiger partial charge on any atom is -0.504 e. The summed E-state index contributed by atoms with van der Waals surface area (Å²) in [5, 5.41) is 110. The maximum absolute atomic E-state index is 12.5. The molecule has 2 saturated heterocycles. The highest BCUT2D eigenvalue weighted by Gasteiger charge is 2.51. The molecule has 0 spiro atoms. The van der Waals surface area contributed by atoms with Crippen LogP contribution in [0.5, 0.6) is 23.0 Å². The number of aliphatic hydroxyl groups is 7. The molecule has 0 aliphatic carbocycles. The predicted molar refractivity (Wildman–Crippen MR) is 129 cm³/mol. The first-order valence-electron chi connectivity index (χ1n) is 12.0. The summed E-state index contributed by atoms with van der Waals surface area (Å²) in [6, 6.07) is 2.41. The standard InChI is InChI=1S/C24H28O17/c25-4-10-15(30)17(32)19(34)24(39-10)41-21-11(5-26)40-23(20(35)18(21)33)38-9-3-6-1-7(22(36)37)2-8(27)13(28)12(6)16(31)14(9)29/h1-3,10-11,15,17-21,23-26,29-35H,4-5H2,(H,27,28)(H,36,37)/t10-,11-,15+,17+,18-,19-,20-,21-,23-,24+/m1/s1. The largest absolute Gasteiger partial charge is 0.504 e. The molecule has 11 N–H and O–H groups in total. The number of hydrogen-bond donors (Lipinski definition) is 11. The highest BCUT2D eigenvalue weighted by Crippen LogP contribution is 2.42. The lowest BCUT2D eigenvalue weighted by atomic mass is 9.97. The van der Waals surface area contributed by atoms with Crippen molar-refractivity contribution in [2.45, 2.75) is 61.4 Å². The van der Waals surface area contributed by atoms with E-state index in [9.17, 15) is 65.8 Å². The molecular formula is C24H28O17. The molecule has 0 saturated carbocycles. The smallest absolute Gasteiger partial charge is 0.335 e. The number of aliphatic hydroxyl groups excluding tert-OH is 7. The number of rotatable bonds is 7. The fourth-order valence-electron chi connectivity index (χ4n) is 4.55. The van der Waals surface area contributed by atoms with Gasteiger partial charge in [-0.15, -0.1) is 0 Å². The van der Waals surface area contributed by atoms with Crippen LogP contribution in [-0.4, -0.2) is 137 Å². The van der Waals surface area contributed by atoms with Gasteiger partial charge in [0.1, 0.15) is 48.8 Å². The van der Waals surface area contributed by atoms with Gasteiger partial charge in [0.05, 0.1) is 24.2 Å². The lowest BCUT2D eigenvalue weighted by Crippen LogP contribution is -2.65. The molecule has 4 rings (SSSR count). The first kappa shape index (κ1) is 30.6. The van der Waals surface area contributed by atoms with E-state index < -0.39 is 120 Å². The van der Waals surface area contributed by atoms with E-state index >= 15 is 0 Å². The van der Waals surface area contributed by atoms with Gasteiger partial charge in [0.15, 0.2) is 23.5 Å². The second-order valence-electron chi connectivity index (χ2n) is 9.42. The molecule has 2 heterocycles. The second kappa shape index (κ2) is 11.9. The first-order chi connectivity index (χ1) is 19.3. The first-order valence-corrected chi connectivity index (χ1v) is 12.0. The van der Waals surface area contributed by atoms with E-state index in [1.807, 2.05) is 0 Å². The Bertz CT molecular complexity index is 1350. The zero-order valence-corrected chi connectivity index (χ0v) is 20.8. The summed E-state index contributed by atoms with van der Waals surface area (Å²) < 4.78 is 21.5. The van der Waals surface area contributed by atoms with Crippen LogP contribution in [0.3, 0.4) is 0 Å². The zero-order chi connectivity index (χ0) is 30.3. The minimum atomic E-state index is -2.02. The van der Waals surface area contributed by atoms with Crippen LogP contribution in [-0.2, 0) is 14.2 Å². The van der Waals surface area contributed by atoms with Gasteiger partial charge in [-0.1, -0.05) is 0 Å². The number of benzene rings is 1. The number of carboxylic acids is 1. The van der Waals surface area contributed by atoms with E-state index in [0.717, 1.165) is 12.1 Å². The number of carbonyl (C=O) groups is 1. The van der Waals surface area contributed by atoms with Crippen molar-refractivity contribution in [3.05, 3.63) is 34.0 Å². The summed E-state index contributed by atoms with van der Waals surface area (Å²) >= 11 is 0. The van der Waals surface area contributed by atoms with Gasteiger partial charge in [0.2, 0.25) is 17.5 Å². The number of hydrogen-bond acceptors (Lipinski definition) is 16. The molecule has 17 nitrogen and oxygen atoms in total. The molecule has 41 heavy (non-hydrogen) atoms. The van der Waals surface area contributed by atoms with Crippen molar-refractivity contribution >= 4 is 16.7 Å². The number of phenolic OH excluding ortho intramolecular Hbond substituents is 2. The number of fused-ring (bicyclic) bond motifs is 1. The molecule has 0 unspecified atom stereocenters. The third-order valence-corrected chi connectivity index (χ3v) is 6.78. The highest BCUT2D eigenvalue weighted by molar-refractivity contribution is 5.97. The summed E-state index contributed by atoms with van der Waals surface area (Å²) in [7, 11) is 0. The molecule has 17 heteroatoms. The molecule has 2 aromatic carbocycles. The Labute approximate surface area is 228 Å². The van der Waals surface area contributed by atoms with Crippen molar-refractivity contribution in [2.24, 2.45) is 0 Å². The van der Waals surface area contributed by atoms with Crippen LogP contribution in [0.1, 0.15) is 10.4 Å². The number of carboxylic acid groups (broad SMARTS) is 1. The van der Waals surface area contributed by atoms with Gasteiger partial charge < -0.3 is 75.1 Å². The Morgan fingerprint density at radius 1 is 0.780 bits per heavy atom. The van der Waals surface area contributed by atoms with Crippen LogP contribution in [0.25, 0.3) is 10.8 Å². The number of aromatic hydroxyl groups is 3. The van der Waals surface area contributed by atoms with Crippen molar-refractivity contribution in [2.75, 3.05) is 13.2 Å². The molecule has 2 aliphatic heterocycles. The van der Waals surface area contributed by atoms with Gasteiger partial charge in [0.25, 0.3) is 0 Å². The maximum Gasteiger partial charge on any atom is 0.335 e. The van der Waals surface area contributed by atoms with Crippen molar-refractivity contribution in [1.82, 2.24) is 0 Å². The summed E-state index contributed by atoms with van der Waals surface area (Å²) in [4.78, 5) is 24.0. The Balaban J connectivity index is 1.63. The van der Waals surface area contributed by atoms with Crippen molar-refractivity contribution < 1.29 is 79.9 Å². The normalized spacial score (nSPS) is 33.9. The van der Waals surface area contributed by atoms with Gasteiger partial charge in [0, 0.05) is 0 Å².